The minimum Gasteiger partial charge on any atom is -0.497 e. The first-order chi connectivity index (χ1) is 15.5. The second-order valence-corrected chi connectivity index (χ2v) is 7.72. The normalized spacial score (nSPS) is 19.7. The Morgan fingerprint density at radius 3 is 2.50 bits per heavy atom. The third kappa shape index (κ3) is 5.59. The highest BCUT2D eigenvalue weighted by Gasteiger charge is 2.35. The Labute approximate surface area is 188 Å². The van der Waals surface area contributed by atoms with Crippen LogP contribution < -0.4 is 15.4 Å². The van der Waals surface area contributed by atoms with Crippen molar-refractivity contribution in [3.8, 4) is 5.75 Å². The minimum atomic E-state index is -0.662. The molecule has 0 aliphatic carbocycles. The molecule has 2 aliphatic heterocycles. The average Bonchev–Trinajstić information content (AvgIpc) is 2.79. The van der Waals surface area contributed by atoms with Gasteiger partial charge in [0, 0.05) is 12.2 Å². The Bertz CT molecular complexity index is 876. The Balaban J connectivity index is 1.85. The summed E-state index contributed by atoms with van der Waals surface area (Å²) in [4.78, 5) is 39.5. The van der Waals surface area contributed by atoms with Crippen LogP contribution in [-0.4, -0.2) is 62.8 Å². The van der Waals surface area contributed by atoms with Crippen molar-refractivity contribution >= 4 is 18.0 Å². The highest BCUT2D eigenvalue weighted by atomic mass is 16.5. The van der Waals surface area contributed by atoms with Crippen LogP contribution in [0.3, 0.4) is 0 Å². The van der Waals surface area contributed by atoms with Crippen LogP contribution in [0.4, 0.5) is 4.79 Å². The summed E-state index contributed by atoms with van der Waals surface area (Å²) in [5.74, 6) is -0.131. The van der Waals surface area contributed by atoms with E-state index in [0.29, 0.717) is 56.1 Å². The zero-order chi connectivity index (χ0) is 23.1. The molecule has 9 nitrogen and oxygen atoms in total. The fraction of sp³-hybridized carbons (Fsp3) is 0.522. The highest BCUT2D eigenvalue weighted by molar-refractivity contribution is 5.95. The van der Waals surface area contributed by atoms with Crippen molar-refractivity contribution in [1.29, 1.82) is 0 Å². The van der Waals surface area contributed by atoms with E-state index in [0.717, 1.165) is 5.56 Å². The molecule has 1 aromatic carbocycles. The summed E-state index contributed by atoms with van der Waals surface area (Å²) in [6, 6.07) is 6.19. The molecule has 3 rings (SSSR count). The molecule has 0 saturated carbocycles. The molecule has 2 N–H and O–H groups in total. The van der Waals surface area contributed by atoms with Crippen molar-refractivity contribution in [3.05, 3.63) is 41.1 Å². The molecule has 1 fully saturated rings. The molecule has 2 heterocycles. The van der Waals surface area contributed by atoms with E-state index in [-0.39, 0.29) is 24.5 Å². The van der Waals surface area contributed by atoms with Gasteiger partial charge in [-0.3, -0.25) is 9.69 Å². The summed E-state index contributed by atoms with van der Waals surface area (Å²) in [6.07, 6.45) is 1.35. The lowest BCUT2D eigenvalue weighted by Gasteiger charge is -2.35. The molecule has 0 aromatic heterocycles. The van der Waals surface area contributed by atoms with Gasteiger partial charge in [-0.05, 0) is 57.5 Å². The van der Waals surface area contributed by atoms with Crippen molar-refractivity contribution < 1.29 is 28.6 Å². The number of methoxy groups -OCH3 is 1. The molecular formula is C23H31N3O6. The van der Waals surface area contributed by atoms with E-state index >= 15 is 0 Å². The van der Waals surface area contributed by atoms with Gasteiger partial charge in [0.2, 0.25) is 0 Å². The first kappa shape index (κ1) is 23.6. The van der Waals surface area contributed by atoms with E-state index in [1.807, 2.05) is 12.1 Å². The molecule has 2 amide bonds. The number of rotatable bonds is 8. The third-order valence-corrected chi connectivity index (χ3v) is 5.67. The van der Waals surface area contributed by atoms with Crippen molar-refractivity contribution in [2.24, 2.45) is 5.92 Å². The maximum Gasteiger partial charge on any atom is 0.338 e. The molecule has 1 unspecified atom stereocenters. The van der Waals surface area contributed by atoms with Crippen LogP contribution in [0, 0.1) is 5.92 Å². The number of ether oxygens (including phenoxy) is 3. The number of urea groups is 1. The molecule has 0 radical (unpaired) electrons. The van der Waals surface area contributed by atoms with Crippen molar-refractivity contribution in [2.45, 2.75) is 32.7 Å². The Hall–Kier alpha value is -3.07. The van der Waals surface area contributed by atoms with Gasteiger partial charge in [0.15, 0.2) is 0 Å². The Morgan fingerprint density at radius 2 is 1.84 bits per heavy atom. The highest BCUT2D eigenvalue weighted by Crippen LogP contribution is 2.30. The van der Waals surface area contributed by atoms with Gasteiger partial charge in [-0.2, -0.15) is 0 Å². The molecular weight excluding hydrogens is 414 g/mol. The van der Waals surface area contributed by atoms with Gasteiger partial charge in [0.05, 0.1) is 37.9 Å². The lowest BCUT2D eigenvalue weighted by atomic mass is 9.93. The van der Waals surface area contributed by atoms with E-state index in [1.165, 1.54) is 0 Å². The monoisotopic (exact) mass is 445 g/mol. The zero-order valence-corrected chi connectivity index (χ0v) is 18.8. The van der Waals surface area contributed by atoms with Crippen LogP contribution in [-0.2, 0) is 19.1 Å². The molecule has 1 aromatic rings. The summed E-state index contributed by atoms with van der Waals surface area (Å²) in [7, 11) is 1.56. The number of benzene rings is 1. The number of hydrogen-bond acceptors (Lipinski definition) is 7. The van der Waals surface area contributed by atoms with Crippen LogP contribution in [0.2, 0.25) is 0 Å². The standard InChI is InChI=1S/C23H31N3O6/c1-4-31-21(27)15-9-11-26(12-10-15)14-18-19(22(28)32-5-2)20(25-23(29)24-18)16-7-6-8-17(13-16)30-3/h6-8,13,15,20H,4-5,9-12,14H2,1-3H3,(H2,24,25,29). The molecule has 9 heteroatoms. The molecule has 32 heavy (non-hydrogen) atoms. The number of hydrogen-bond donors (Lipinski definition) is 2. The quantitative estimate of drug-likeness (QED) is 0.591. The predicted octanol–water partition coefficient (Wildman–Crippen LogP) is 2.14. The maximum absolute atomic E-state index is 12.9. The average molecular weight is 446 g/mol. The smallest absolute Gasteiger partial charge is 0.338 e. The first-order valence-corrected chi connectivity index (χ1v) is 11.0. The predicted molar refractivity (Wildman–Crippen MR) is 117 cm³/mol. The number of nitrogens with zero attached hydrogens (tertiary/aromatic N) is 1. The van der Waals surface area contributed by atoms with Crippen LogP contribution in [0.1, 0.15) is 38.3 Å². The second-order valence-electron chi connectivity index (χ2n) is 7.72. The molecule has 2 aliphatic rings. The van der Waals surface area contributed by atoms with E-state index in [9.17, 15) is 14.4 Å². The summed E-state index contributed by atoms with van der Waals surface area (Å²) >= 11 is 0. The Morgan fingerprint density at radius 1 is 1.12 bits per heavy atom. The fourth-order valence-electron chi connectivity index (χ4n) is 4.07. The molecule has 174 valence electrons. The number of amides is 2. The lowest BCUT2D eigenvalue weighted by Crippen LogP contribution is -2.49. The number of nitrogens with one attached hydrogen (secondary N) is 2. The van der Waals surface area contributed by atoms with E-state index in [2.05, 4.69) is 15.5 Å². The van der Waals surface area contributed by atoms with E-state index in [4.69, 9.17) is 14.2 Å². The van der Waals surface area contributed by atoms with Crippen molar-refractivity contribution in [1.82, 2.24) is 15.5 Å². The van der Waals surface area contributed by atoms with Crippen LogP contribution in [0.5, 0.6) is 5.75 Å². The largest absolute Gasteiger partial charge is 0.497 e. The van der Waals surface area contributed by atoms with Crippen LogP contribution in [0.25, 0.3) is 0 Å². The maximum atomic E-state index is 12.9. The van der Waals surface area contributed by atoms with Crippen LogP contribution in [0.15, 0.2) is 35.5 Å². The van der Waals surface area contributed by atoms with Gasteiger partial charge in [-0.1, -0.05) is 12.1 Å². The minimum absolute atomic E-state index is 0.114. The summed E-state index contributed by atoms with van der Waals surface area (Å²) < 4.78 is 15.8. The van der Waals surface area contributed by atoms with E-state index in [1.54, 1.807) is 33.1 Å². The Kier molecular flexibility index (Phi) is 8.10. The van der Waals surface area contributed by atoms with Gasteiger partial charge in [-0.15, -0.1) is 0 Å². The van der Waals surface area contributed by atoms with Gasteiger partial charge in [0.25, 0.3) is 0 Å². The fourth-order valence-corrected chi connectivity index (χ4v) is 4.07. The van der Waals surface area contributed by atoms with Crippen LogP contribution >= 0.6 is 0 Å². The lowest BCUT2D eigenvalue weighted by molar-refractivity contribution is -0.149. The topological polar surface area (TPSA) is 106 Å². The number of esters is 2. The van der Waals surface area contributed by atoms with Gasteiger partial charge < -0.3 is 24.8 Å². The van der Waals surface area contributed by atoms with Crippen molar-refractivity contribution in [3.63, 3.8) is 0 Å². The molecule has 1 atom stereocenters. The first-order valence-electron chi connectivity index (χ1n) is 11.0. The number of carbonyl (C=O) groups excluding carboxylic acids is 3. The number of piperidine rings is 1. The SMILES string of the molecule is CCOC(=O)C1=C(CN2CCC(C(=O)OCC)CC2)NC(=O)NC1c1cccc(OC)c1. The summed E-state index contributed by atoms with van der Waals surface area (Å²) in [5, 5.41) is 5.63. The molecule has 0 spiro atoms. The van der Waals surface area contributed by atoms with Crippen molar-refractivity contribution in [2.75, 3.05) is 40.0 Å². The van der Waals surface area contributed by atoms with E-state index < -0.39 is 12.0 Å². The zero-order valence-electron chi connectivity index (χ0n) is 18.8. The van der Waals surface area contributed by atoms with Gasteiger partial charge in [-0.25, -0.2) is 9.59 Å². The van der Waals surface area contributed by atoms with Gasteiger partial charge in [0.1, 0.15) is 5.75 Å². The number of carbonyl (C=O) groups is 3. The molecule has 0 bridgehead atoms. The molecule has 1 saturated heterocycles. The second kappa shape index (κ2) is 11.0. The third-order valence-electron chi connectivity index (χ3n) is 5.67. The summed E-state index contributed by atoms with van der Waals surface area (Å²) in [5.41, 5.74) is 1.60. The van der Waals surface area contributed by atoms with Gasteiger partial charge >= 0.3 is 18.0 Å². The number of likely N-dealkylation sites (tertiary alicyclic amines) is 1. The summed E-state index contributed by atoms with van der Waals surface area (Å²) in [6.45, 7) is 5.84.